The zero-order chi connectivity index (χ0) is 12.0. The molecule has 0 bridgehead atoms. The summed E-state index contributed by atoms with van der Waals surface area (Å²) in [5, 5.41) is 7.52. The number of hydrogen-bond acceptors (Lipinski definition) is 4. The molecule has 0 aliphatic carbocycles. The lowest BCUT2D eigenvalue weighted by molar-refractivity contribution is 0.147. The van der Waals surface area contributed by atoms with E-state index in [9.17, 15) is 0 Å². The fourth-order valence-electron chi connectivity index (χ4n) is 1.58. The van der Waals surface area contributed by atoms with E-state index in [1.54, 1.807) is 13.4 Å². The smallest absolute Gasteiger partial charge is 0.138 e. The van der Waals surface area contributed by atoms with Gasteiger partial charge in [-0.3, -0.25) is 4.68 Å². The van der Waals surface area contributed by atoms with E-state index >= 15 is 0 Å². The largest absolute Gasteiger partial charge is 0.383 e. The Morgan fingerprint density at radius 3 is 2.75 bits per heavy atom. The van der Waals surface area contributed by atoms with Crippen LogP contribution in [0.2, 0.25) is 0 Å². The van der Waals surface area contributed by atoms with Gasteiger partial charge >= 0.3 is 0 Å². The van der Waals surface area contributed by atoms with E-state index in [1.807, 2.05) is 11.7 Å². The summed E-state index contributed by atoms with van der Waals surface area (Å²) in [5.41, 5.74) is 0. The lowest BCUT2D eigenvalue weighted by Crippen LogP contribution is -2.39. The molecule has 0 radical (unpaired) electrons. The molecule has 1 rings (SSSR count). The van der Waals surface area contributed by atoms with Crippen LogP contribution in [0.15, 0.2) is 6.33 Å². The van der Waals surface area contributed by atoms with Crippen LogP contribution >= 0.6 is 0 Å². The van der Waals surface area contributed by atoms with Crippen LogP contribution < -0.4 is 5.32 Å². The summed E-state index contributed by atoms with van der Waals surface area (Å²) in [6.45, 7) is 6.03. The molecule has 1 unspecified atom stereocenters. The van der Waals surface area contributed by atoms with Gasteiger partial charge in [-0.1, -0.05) is 13.8 Å². The van der Waals surface area contributed by atoms with Crippen molar-refractivity contribution in [3.63, 3.8) is 0 Å². The molecule has 1 atom stereocenters. The Hall–Kier alpha value is -0.940. The fraction of sp³-hybridized carbons (Fsp3) is 0.818. The van der Waals surface area contributed by atoms with Gasteiger partial charge in [0.2, 0.25) is 0 Å². The monoisotopic (exact) mass is 226 g/mol. The van der Waals surface area contributed by atoms with E-state index in [0.29, 0.717) is 12.0 Å². The molecule has 0 saturated carbocycles. The average Bonchev–Trinajstić information content (AvgIpc) is 2.63. The van der Waals surface area contributed by atoms with Crippen LogP contribution in [0.1, 0.15) is 19.7 Å². The van der Waals surface area contributed by atoms with Crippen LogP contribution in [0.3, 0.4) is 0 Å². The third kappa shape index (κ3) is 3.90. The molecule has 1 aromatic heterocycles. The quantitative estimate of drug-likeness (QED) is 0.740. The van der Waals surface area contributed by atoms with Crippen molar-refractivity contribution in [2.75, 3.05) is 20.3 Å². The fourth-order valence-corrected chi connectivity index (χ4v) is 1.58. The number of hydrogen-bond donors (Lipinski definition) is 1. The predicted octanol–water partition coefficient (Wildman–Crippen LogP) is 0.618. The highest BCUT2D eigenvalue weighted by molar-refractivity contribution is 4.85. The second kappa shape index (κ2) is 6.60. The summed E-state index contributed by atoms with van der Waals surface area (Å²) in [5.74, 6) is 1.58. The number of methoxy groups -OCH3 is 1. The highest BCUT2D eigenvalue weighted by Gasteiger charge is 2.12. The minimum absolute atomic E-state index is 0.401. The number of rotatable bonds is 7. The zero-order valence-electron chi connectivity index (χ0n) is 10.6. The summed E-state index contributed by atoms with van der Waals surface area (Å²) >= 11 is 0. The van der Waals surface area contributed by atoms with E-state index in [-0.39, 0.29) is 0 Å². The Kier molecular flexibility index (Phi) is 5.42. The standard InChI is InChI=1S/C11H22N4O/c1-9(2)10(7-16-4)12-6-5-11-13-8-14-15(11)3/h8-10,12H,5-7H2,1-4H3. The summed E-state index contributed by atoms with van der Waals surface area (Å²) in [6.07, 6.45) is 2.48. The molecule has 0 amide bonds. The topological polar surface area (TPSA) is 52.0 Å². The number of ether oxygens (including phenoxy) is 1. The van der Waals surface area contributed by atoms with Gasteiger partial charge in [-0.2, -0.15) is 5.10 Å². The van der Waals surface area contributed by atoms with E-state index < -0.39 is 0 Å². The second-order valence-electron chi connectivity index (χ2n) is 4.31. The third-order valence-electron chi connectivity index (χ3n) is 2.71. The molecular weight excluding hydrogens is 204 g/mol. The molecular formula is C11H22N4O. The molecule has 1 aromatic rings. The van der Waals surface area contributed by atoms with Gasteiger partial charge in [0, 0.05) is 33.2 Å². The van der Waals surface area contributed by atoms with Gasteiger partial charge in [0.25, 0.3) is 0 Å². The van der Waals surface area contributed by atoms with Crippen LogP contribution in [0.25, 0.3) is 0 Å². The lowest BCUT2D eigenvalue weighted by Gasteiger charge is -2.21. The van der Waals surface area contributed by atoms with Crippen LogP contribution in [0, 0.1) is 5.92 Å². The molecule has 5 nitrogen and oxygen atoms in total. The number of aromatic nitrogens is 3. The molecule has 16 heavy (non-hydrogen) atoms. The van der Waals surface area contributed by atoms with Crippen molar-refractivity contribution in [2.24, 2.45) is 13.0 Å². The Morgan fingerprint density at radius 1 is 1.50 bits per heavy atom. The molecule has 0 spiro atoms. The van der Waals surface area contributed by atoms with Gasteiger partial charge in [-0.15, -0.1) is 0 Å². The highest BCUT2D eigenvalue weighted by atomic mass is 16.5. The van der Waals surface area contributed by atoms with Crippen LogP contribution in [0.4, 0.5) is 0 Å². The van der Waals surface area contributed by atoms with Crippen LogP contribution in [-0.4, -0.2) is 41.1 Å². The van der Waals surface area contributed by atoms with Crippen LogP contribution in [0.5, 0.6) is 0 Å². The molecule has 1 N–H and O–H groups in total. The van der Waals surface area contributed by atoms with Crippen molar-refractivity contribution in [3.8, 4) is 0 Å². The van der Waals surface area contributed by atoms with E-state index in [4.69, 9.17) is 4.74 Å². The van der Waals surface area contributed by atoms with E-state index in [2.05, 4.69) is 29.2 Å². The van der Waals surface area contributed by atoms with Gasteiger partial charge in [-0.05, 0) is 5.92 Å². The minimum Gasteiger partial charge on any atom is -0.383 e. The maximum absolute atomic E-state index is 5.18. The lowest BCUT2D eigenvalue weighted by atomic mass is 10.1. The van der Waals surface area contributed by atoms with Gasteiger partial charge < -0.3 is 10.1 Å². The van der Waals surface area contributed by atoms with Crippen molar-refractivity contribution in [2.45, 2.75) is 26.3 Å². The number of nitrogens with zero attached hydrogens (tertiary/aromatic N) is 3. The Balaban J connectivity index is 2.30. The molecule has 0 aromatic carbocycles. The molecule has 0 aliphatic heterocycles. The molecule has 5 heteroatoms. The maximum Gasteiger partial charge on any atom is 0.138 e. The molecule has 0 aliphatic rings. The number of nitrogens with one attached hydrogen (secondary N) is 1. The molecule has 0 fully saturated rings. The predicted molar refractivity (Wildman–Crippen MR) is 63.2 cm³/mol. The van der Waals surface area contributed by atoms with Gasteiger partial charge in [0.15, 0.2) is 0 Å². The van der Waals surface area contributed by atoms with Crippen LogP contribution in [-0.2, 0) is 18.2 Å². The van der Waals surface area contributed by atoms with Crippen molar-refractivity contribution in [1.82, 2.24) is 20.1 Å². The Morgan fingerprint density at radius 2 is 2.25 bits per heavy atom. The molecule has 92 valence electrons. The average molecular weight is 226 g/mol. The summed E-state index contributed by atoms with van der Waals surface area (Å²) < 4.78 is 6.99. The number of aryl methyl sites for hydroxylation is 1. The normalized spacial score (nSPS) is 13.3. The first-order chi connectivity index (χ1) is 7.65. The third-order valence-corrected chi connectivity index (χ3v) is 2.71. The Labute approximate surface area is 97.2 Å². The van der Waals surface area contributed by atoms with Gasteiger partial charge in [-0.25, -0.2) is 4.98 Å². The van der Waals surface area contributed by atoms with Gasteiger partial charge in [0.1, 0.15) is 12.2 Å². The SMILES string of the molecule is COCC(NCCc1ncnn1C)C(C)C. The highest BCUT2D eigenvalue weighted by Crippen LogP contribution is 2.02. The minimum atomic E-state index is 0.401. The summed E-state index contributed by atoms with van der Waals surface area (Å²) in [7, 11) is 3.65. The van der Waals surface area contributed by atoms with Crippen molar-refractivity contribution in [1.29, 1.82) is 0 Å². The zero-order valence-corrected chi connectivity index (χ0v) is 10.6. The molecule has 1 heterocycles. The maximum atomic E-state index is 5.18. The first-order valence-corrected chi connectivity index (χ1v) is 5.70. The summed E-state index contributed by atoms with van der Waals surface area (Å²) in [6, 6.07) is 0.401. The van der Waals surface area contributed by atoms with Gasteiger partial charge in [0.05, 0.1) is 6.61 Å². The molecule has 0 saturated heterocycles. The van der Waals surface area contributed by atoms with Crippen molar-refractivity contribution >= 4 is 0 Å². The van der Waals surface area contributed by atoms with Crippen molar-refractivity contribution in [3.05, 3.63) is 12.2 Å². The van der Waals surface area contributed by atoms with E-state index in [1.165, 1.54) is 0 Å². The second-order valence-corrected chi connectivity index (χ2v) is 4.31. The first kappa shape index (κ1) is 13.1. The Bertz CT molecular complexity index is 298. The van der Waals surface area contributed by atoms with E-state index in [0.717, 1.165) is 25.4 Å². The first-order valence-electron chi connectivity index (χ1n) is 5.70. The van der Waals surface area contributed by atoms with Crippen molar-refractivity contribution < 1.29 is 4.74 Å². The summed E-state index contributed by atoms with van der Waals surface area (Å²) in [4.78, 5) is 4.18.